The molecule has 2 unspecified atom stereocenters. The number of hydrogen-bond donors (Lipinski definition) is 2. The first-order valence-electron chi connectivity index (χ1n) is 6.57. The monoisotopic (exact) mass is 281 g/mol. The van der Waals surface area contributed by atoms with Gasteiger partial charge in [0, 0.05) is 33.1 Å². The van der Waals surface area contributed by atoms with Crippen LogP contribution in [0, 0.1) is 11.8 Å². The maximum Gasteiger partial charge on any atom is 0.317 e. The Morgan fingerprint density at radius 3 is 2.80 bits per heavy atom. The minimum Gasteiger partial charge on any atom is -0.481 e. The third kappa shape index (κ3) is 3.06. The quantitative estimate of drug-likeness (QED) is 0.790. The van der Waals surface area contributed by atoms with Crippen LogP contribution in [0.2, 0.25) is 0 Å². The standard InChI is InChI=1S/C12H19N5O3/c1-8-5-17(6-9(8)11(18)19)12(20)13-4-3-10-15-14-7-16(10)2/h7-9H,3-6H2,1-2H3,(H,13,20)(H,18,19). The minimum absolute atomic E-state index is 0.0167. The normalized spacial score (nSPS) is 22.0. The van der Waals surface area contributed by atoms with E-state index < -0.39 is 11.9 Å². The molecule has 8 heteroatoms. The van der Waals surface area contributed by atoms with Crippen LogP contribution in [0.4, 0.5) is 4.79 Å². The fraction of sp³-hybridized carbons (Fsp3) is 0.667. The summed E-state index contributed by atoms with van der Waals surface area (Å²) in [5, 5.41) is 19.5. The Bertz CT molecular complexity index is 501. The lowest BCUT2D eigenvalue weighted by molar-refractivity contribution is -0.142. The first kappa shape index (κ1) is 14.3. The summed E-state index contributed by atoms with van der Waals surface area (Å²) in [5.74, 6) is -0.535. The zero-order valence-corrected chi connectivity index (χ0v) is 11.6. The van der Waals surface area contributed by atoms with Gasteiger partial charge in [-0.1, -0.05) is 6.92 Å². The summed E-state index contributed by atoms with van der Waals surface area (Å²) in [5.41, 5.74) is 0. The van der Waals surface area contributed by atoms with Gasteiger partial charge >= 0.3 is 12.0 Å². The third-order valence-corrected chi connectivity index (χ3v) is 3.65. The van der Waals surface area contributed by atoms with Crippen molar-refractivity contribution >= 4 is 12.0 Å². The lowest BCUT2D eigenvalue weighted by atomic mass is 9.99. The van der Waals surface area contributed by atoms with Gasteiger partial charge in [0.1, 0.15) is 12.2 Å². The maximum absolute atomic E-state index is 12.0. The summed E-state index contributed by atoms with van der Waals surface area (Å²) in [6.45, 7) is 3.05. The fourth-order valence-corrected chi connectivity index (χ4v) is 2.38. The van der Waals surface area contributed by atoms with E-state index in [0.29, 0.717) is 19.5 Å². The molecule has 0 radical (unpaired) electrons. The average Bonchev–Trinajstić information content (AvgIpc) is 2.96. The number of rotatable bonds is 4. The van der Waals surface area contributed by atoms with E-state index >= 15 is 0 Å². The van der Waals surface area contributed by atoms with E-state index in [1.165, 1.54) is 0 Å². The molecule has 2 atom stereocenters. The van der Waals surface area contributed by atoms with Gasteiger partial charge in [-0.05, 0) is 5.92 Å². The van der Waals surface area contributed by atoms with Gasteiger partial charge in [-0.15, -0.1) is 10.2 Å². The summed E-state index contributed by atoms with van der Waals surface area (Å²) >= 11 is 0. The van der Waals surface area contributed by atoms with Crippen LogP contribution in [0.3, 0.4) is 0 Å². The van der Waals surface area contributed by atoms with Crippen molar-refractivity contribution in [3.05, 3.63) is 12.2 Å². The SMILES string of the molecule is CC1CN(C(=O)NCCc2nncn2C)CC1C(=O)O. The van der Waals surface area contributed by atoms with E-state index in [0.717, 1.165) is 5.82 Å². The highest BCUT2D eigenvalue weighted by atomic mass is 16.4. The molecule has 8 nitrogen and oxygen atoms in total. The Balaban J connectivity index is 1.78. The predicted molar refractivity (Wildman–Crippen MR) is 70.0 cm³/mol. The van der Waals surface area contributed by atoms with Crippen molar-refractivity contribution in [2.24, 2.45) is 18.9 Å². The van der Waals surface area contributed by atoms with Crippen LogP contribution in [0.25, 0.3) is 0 Å². The van der Waals surface area contributed by atoms with Crippen molar-refractivity contribution in [1.29, 1.82) is 0 Å². The second-order valence-electron chi connectivity index (χ2n) is 5.17. The number of aromatic nitrogens is 3. The lowest BCUT2D eigenvalue weighted by Gasteiger charge is -2.16. The van der Waals surface area contributed by atoms with E-state index in [9.17, 15) is 9.59 Å². The highest BCUT2D eigenvalue weighted by molar-refractivity contribution is 5.77. The number of aliphatic carboxylic acids is 1. The van der Waals surface area contributed by atoms with Crippen molar-refractivity contribution in [1.82, 2.24) is 25.0 Å². The Morgan fingerprint density at radius 1 is 1.50 bits per heavy atom. The van der Waals surface area contributed by atoms with E-state index in [1.807, 2.05) is 14.0 Å². The molecule has 1 aliphatic rings. The number of carbonyl (C=O) groups is 2. The molecule has 1 aromatic rings. The molecule has 2 N–H and O–H groups in total. The molecule has 0 aromatic carbocycles. The van der Waals surface area contributed by atoms with Crippen LogP contribution in [-0.2, 0) is 18.3 Å². The summed E-state index contributed by atoms with van der Waals surface area (Å²) in [7, 11) is 1.84. The molecular formula is C12H19N5O3. The Kier molecular flexibility index (Phi) is 4.21. The zero-order valence-electron chi connectivity index (χ0n) is 11.6. The van der Waals surface area contributed by atoms with Crippen molar-refractivity contribution < 1.29 is 14.7 Å². The summed E-state index contributed by atoms with van der Waals surface area (Å²) < 4.78 is 1.80. The van der Waals surface area contributed by atoms with Crippen LogP contribution < -0.4 is 5.32 Å². The van der Waals surface area contributed by atoms with Gasteiger partial charge < -0.3 is 19.9 Å². The van der Waals surface area contributed by atoms with Gasteiger partial charge in [-0.25, -0.2) is 4.79 Å². The molecule has 1 fully saturated rings. The summed E-state index contributed by atoms with van der Waals surface area (Å²) in [4.78, 5) is 24.5. The van der Waals surface area contributed by atoms with Crippen molar-refractivity contribution in [3.8, 4) is 0 Å². The maximum atomic E-state index is 12.0. The lowest BCUT2D eigenvalue weighted by Crippen LogP contribution is -2.40. The summed E-state index contributed by atoms with van der Waals surface area (Å²) in [6.07, 6.45) is 2.20. The molecule has 1 saturated heterocycles. The van der Waals surface area contributed by atoms with Crippen LogP contribution in [0.15, 0.2) is 6.33 Å². The predicted octanol–water partition coefficient (Wildman–Crippen LogP) is -0.280. The smallest absolute Gasteiger partial charge is 0.317 e. The molecule has 110 valence electrons. The molecule has 0 aliphatic carbocycles. The number of nitrogens with zero attached hydrogens (tertiary/aromatic N) is 4. The number of hydrogen-bond acceptors (Lipinski definition) is 4. The number of aryl methyl sites for hydroxylation is 1. The highest BCUT2D eigenvalue weighted by Crippen LogP contribution is 2.22. The molecular weight excluding hydrogens is 262 g/mol. The summed E-state index contributed by atoms with van der Waals surface area (Å²) in [6, 6.07) is -0.220. The molecule has 2 rings (SSSR count). The molecule has 20 heavy (non-hydrogen) atoms. The second kappa shape index (κ2) is 5.89. The van der Waals surface area contributed by atoms with E-state index in [1.54, 1.807) is 15.8 Å². The highest BCUT2D eigenvalue weighted by Gasteiger charge is 2.36. The number of urea groups is 1. The first-order chi connectivity index (χ1) is 9.49. The molecule has 1 aromatic heterocycles. The fourth-order valence-electron chi connectivity index (χ4n) is 2.38. The van der Waals surface area contributed by atoms with Gasteiger partial charge in [-0.2, -0.15) is 0 Å². The number of carboxylic acid groups (broad SMARTS) is 1. The molecule has 1 aliphatic heterocycles. The van der Waals surface area contributed by atoms with E-state index in [2.05, 4.69) is 15.5 Å². The van der Waals surface area contributed by atoms with Crippen molar-refractivity contribution in [2.75, 3.05) is 19.6 Å². The molecule has 0 bridgehead atoms. The molecule has 0 spiro atoms. The number of nitrogens with one attached hydrogen (secondary N) is 1. The average molecular weight is 281 g/mol. The molecule has 2 amide bonds. The van der Waals surface area contributed by atoms with Gasteiger partial charge in [0.05, 0.1) is 5.92 Å². The number of amides is 2. The van der Waals surface area contributed by atoms with E-state index in [4.69, 9.17) is 5.11 Å². The minimum atomic E-state index is -0.841. The van der Waals surface area contributed by atoms with Gasteiger partial charge in [0.25, 0.3) is 0 Å². The Hall–Kier alpha value is -2.12. The van der Waals surface area contributed by atoms with Gasteiger partial charge in [0.2, 0.25) is 0 Å². The largest absolute Gasteiger partial charge is 0.481 e. The zero-order chi connectivity index (χ0) is 14.7. The third-order valence-electron chi connectivity index (χ3n) is 3.65. The van der Waals surface area contributed by atoms with Gasteiger partial charge in [0.15, 0.2) is 0 Å². The van der Waals surface area contributed by atoms with Crippen molar-refractivity contribution in [3.63, 3.8) is 0 Å². The van der Waals surface area contributed by atoms with Crippen LogP contribution in [-0.4, -0.2) is 56.4 Å². The van der Waals surface area contributed by atoms with E-state index in [-0.39, 0.29) is 18.5 Å². The Morgan fingerprint density at radius 2 is 2.25 bits per heavy atom. The Labute approximate surface area is 116 Å². The molecule has 0 saturated carbocycles. The van der Waals surface area contributed by atoms with Gasteiger partial charge in [-0.3, -0.25) is 4.79 Å². The van der Waals surface area contributed by atoms with Crippen LogP contribution in [0.5, 0.6) is 0 Å². The number of carbonyl (C=O) groups excluding carboxylic acids is 1. The first-order valence-corrected chi connectivity index (χ1v) is 6.57. The van der Waals surface area contributed by atoms with Crippen LogP contribution >= 0.6 is 0 Å². The number of likely N-dealkylation sites (tertiary alicyclic amines) is 1. The number of carboxylic acids is 1. The second-order valence-corrected chi connectivity index (χ2v) is 5.17. The topological polar surface area (TPSA) is 100 Å². The van der Waals surface area contributed by atoms with Crippen LogP contribution in [0.1, 0.15) is 12.7 Å². The molecule has 2 heterocycles. The van der Waals surface area contributed by atoms with Crippen molar-refractivity contribution in [2.45, 2.75) is 13.3 Å².